The molecule has 5 unspecified atom stereocenters. The predicted molar refractivity (Wildman–Crippen MR) is 77.5 cm³/mol. The van der Waals surface area contributed by atoms with Crippen molar-refractivity contribution in [3.63, 3.8) is 0 Å². The number of fused-ring (bicyclic) bond motifs is 2. The Labute approximate surface area is 132 Å². The molecule has 2 aliphatic rings. The van der Waals surface area contributed by atoms with Crippen molar-refractivity contribution in [2.75, 3.05) is 13.2 Å². The summed E-state index contributed by atoms with van der Waals surface area (Å²) < 4.78 is 12.8. The predicted octanol–water partition coefficient (Wildman–Crippen LogP) is 0.271. The van der Waals surface area contributed by atoms with Gasteiger partial charge in [-0.05, 0) is 6.42 Å². The third-order valence-electron chi connectivity index (χ3n) is 3.84. The van der Waals surface area contributed by atoms with Crippen molar-refractivity contribution in [1.82, 2.24) is 20.4 Å². The minimum Gasteiger partial charge on any atom is -0.388 e. The van der Waals surface area contributed by atoms with Crippen LogP contribution in [0.1, 0.15) is 19.4 Å². The second-order valence-electron chi connectivity index (χ2n) is 5.42. The number of aromatic nitrogens is 2. The van der Waals surface area contributed by atoms with Crippen LogP contribution in [0.4, 0.5) is 4.79 Å². The van der Waals surface area contributed by atoms with Crippen molar-refractivity contribution < 1.29 is 19.4 Å². The van der Waals surface area contributed by atoms with Crippen molar-refractivity contribution in [2.45, 2.75) is 43.9 Å². The Morgan fingerprint density at radius 3 is 3.14 bits per heavy atom. The standard InChI is InChI=1S/C13H19ClN4O4/c1-2-3-15-13(20)17-9-8-6-21-12(22-8)10(11(9)19)18-5-7(14)4-16-18/h4-5,8-12,19H,2-3,6H2,1H3,(H2,15,17,20). The Morgan fingerprint density at radius 1 is 1.64 bits per heavy atom. The van der Waals surface area contributed by atoms with E-state index in [1.165, 1.54) is 10.9 Å². The Morgan fingerprint density at radius 2 is 2.45 bits per heavy atom. The van der Waals surface area contributed by atoms with Gasteiger partial charge in [-0.2, -0.15) is 5.10 Å². The fourth-order valence-electron chi connectivity index (χ4n) is 2.78. The number of aliphatic hydroxyl groups excluding tert-OH is 1. The van der Waals surface area contributed by atoms with Crippen LogP contribution < -0.4 is 10.6 Å². The number of hydrogen-bond acceptors (Lipinski definition) is 5. The van der Waals surface area contributed by atoms with Gasteiger partial charge in [0.25, 0.3) is 0 Å². The summed E-state index contributed by atoms with van der Waals surface area (Å²) in [4.78, 5) is 11.9. The molecule has 0 spiro atoms. The Bertz CT molecular complexity index is 540. The molecule has 22 heavy (non-hydrogen) atoms. The minimum absolute atomic E-state index is 0.311. The number of rotatable bonds is 4. The summed E-state index contributed by atoms with van der Waals surface area (Å²) >= 11 is 5.88. The zero-order chi connectivity index (χ0) is 15.7. The first-order valence-electron chi connectivity index (χ1n) is 7.29. The van der Waals surface area contributed by atoms with Gasteiger partial charge in [0.05, 0.1) is 23.9 Å². The third kappa shape index (κ3) is 2.91. The number of hydrogen-bond donors (Lipinski definition) is 3. The first-order valence-corrected chi connectivity index (χ1v) is 7.67. The highest BCUT2D eigenvalue weighted by molar-refractivity contribution is 6.30. The van der Waals surface area contributed by atoms with E-state index in [2.05, 4.69) is 15.7 Å². The lowest BCUT2D eigenvalue weighted by Gasteiger charge is -2.38. The molecule has 3 N–H and O–H groups in total. The summed E-state index contributed by atoms with van der Waals surface area (Å²) in [5.74, 6) is 0. The lowest BCUT2D eigenvalue weighted by molar-refractivity contribution is -0.166. The molecule has 5 atom stereocenters. The van der Waals surface area contributed by atoms with Crippen molar-refractivity contribution in [3.8, 4) is 0 Å². The van der Waals surface area contributed by atoms with Gasteiger partial charge in [0.1, 0.15) is 18.2 Å². The van der Waals surface area contributed by atoms with Gasteiger partial charge in [0.15, 0.2) is 6.29 Å². The quantitative estimate of drug-likeness (QED) is 0.736. The van der Waals surface area contributed by atoms with E-state index in [1.54, 1.807) is 6.20 Å². The van der Waals surface area contributed by atoms with Gasteiger partial charge in [-0.15, -0.1) is 0 Å². The third-order valence-corrected chi connectivity index (χ3v) is 4.03. The highest BCUT2D eigenvalue weighted by atomic mass is 35.5. The molecule has 2 saturated heterocycles. The van der Waals surface area contributed by atoms with E-state index >= 15 is 0 Å². The maximum Gasteiger partial charge on any atom is 0.315 e. The van der Waals surface area contributed by atoms with Gasteiger partial charge >= 0.3 is 6.03 Å². The SMILES string of the molecule is CCCNC(=O)NC1C2COC(O2)C(n2cc(Cl)cn2)C1O. The molecule has 2 amide bonds. The molecule has 0 aliphatic carbocycles. The molecular formula is C13H19ClN4O4. The van der Waals surface area contributed by atoms with Crippen LogP contribution in [0, 0.1) is 0 Å². The van der Waals surface area contributed by atoms with Crippen molar-refractivity contribution in [2.24, 2.45) is 0 Å². The Hall–Kier alpha value is -1.35. The van der Waals surface area contributed by atoms with Crippen LogP contribution in [-0.4, -0.2) is 58.6 Å². The zero-order valence-electron chi connectivity index (χ0n) is 12.1. The number of ether oxygens (including phenoxy) is 2. The number of carbonyl (C=O) groups excluding carboxylic acids is 1. The van der Waals surface area contributed by atoms with E-state index in [0.717, 1.165) is 6.42 Å². The number of aliphatic hydroxyl groups is 1. The minimum atomic E-state index is -0.894. The highest BCUT2D eigenvalue weighted by Crippen LogP contribution is 2.35. The van der Waals surface area contributed by atoms with Crippen LogP contribution in [-0.2, 0) is 9.47 Å². The molecule has 3 rings (SSSR count). The van der Waals surface area contributed by atoms with Gasteiger partial charge < -0.3 is 25.2 Å². The summed E-state index contributed by atoms with van der Waals surface area (Å²) in [5.41, 5.74) is 0. The Balaban J connectivity index is 1.75. The second-order valence-corrected chi connectivity index (χ2v) is 5.86. The average Bonchev–Trinajstić information content (AvgIpc) is 3.10. The number of halogens is 1. The molecular weight excluding hydrogens is 312 g/mol. The van der Waals surface area contributed by atoms with Crippen LogP contribution in [0.2, 0.25) is 5.02 Å². The molecule has 0 saturated carbocycles. The largest absolute Gasteiger partial charge is 0.388 e. The molecule has 3 heterocycles. The monoisotopic (exact) mass is 330 g/mol. The summed E-state index contributed by atoms with van der Waals surface area (Å²) in [6.45, 7) is 2.84. The molecule has 0 aromatic carbocycles. The Kier molecular flexibility index (Phi) is 4.53. The van der Waals surface area contributed by atoms with Crippen molar-refractivity contribution >= 4 is 17.6 Å². The van der Waals surface area contributed by atoms with E-state index in [0.29, 0.717) is 18.2 Å². The molecule has 8 nitrogen and oxygen atoms in total. The lowest BCUT2D eigenvalue weighted by atomic mass is 9.96. The fourth-order valence-corrected chi connectivity index (χ4v) is 2.92. The molecule has 0 radical (unpaired) electrons. The number of nitrogens with zero attached hydrogens (tertiary/aromatic N) is 2. The zero-order valence-corrected chi connectivity index (χ0v) is 12.9. The molecule has 2 fully saturated rings. The first kappa shape index (κ1) is 15.5. The van der Waals surface area contributed by atoms with E-state index < -0.39 is 24.5 Å². The maximum atomic E-state index is 11.9. The van der Waals surface area contributed by atoms with Gasteiger partial charge in [0.2, 0.25) is 0 Å². The smallest absolute Gasteiger partial charge is 0.315 e. The molecule has 122 valence electrons. The van der Waals surface area contributed by atoms with Gasteiger partial charge in [-0.1, -0.05) is 18.5 Å². The second kappa shape index (κ2) is 6.41. The van der Waals surface area contributed by atoms with Crippen LogP contribution in [0.5, 0.6) is 0 Å². The van der Waals surface area contributed by atoms with Gasteiger partial charge in [-0.25, -0.2) is 4.79 Å². The van der Waals surface area contributed by atoms with Crippen LogP contribution in [0.3, 0.4) is 0 Å². The number of urea groups is 1. The molecule has 2 bridgehead atoms. The van der Waals surface area contributed by atoms with Crippen molar-refractivity contribution in [3.05, 3.63) is 17.4 Å². The summed E-state index contributed by atoms with van der Waals surface area (Å²) in [5, 5.41) is 20.7. The number of carbonyl (C=O) groups is 1. The summed E-state index contributed by atoms with van der Waals surface area (Å²) in [6, 6.07) is -1.48. The van der Waals surface area contributed by atoms with Gasteiger partial charge in [0, 0.05) is 12.7 Å². The molecule has 2 aliphatic heterocycles. The lowest BCUT2D eigenvalue weighted by Crippen LogP contribution is -2.60. The molecule has 1 aromatic heterocycles. The van der Waals surface area contributed by atoms with E-state index in [-0.39, 0.29) is 12.1 Å². The fraction of sp³-hybridized carbons (Fsp3) is 0.692. The number of amides is 2. The molecule has 1 aromatic rings. The maximum absolute atomic E-state index is 11.9. The topological polar surface area (TPSA) is 97.6 Å². The van der Waals surface area contributed by atoms with E-state index in [1.807, 2.05) is 6.92 Å². The molecule has 9 heteroatoms. The van der Waals surface area contributed by atoms with E-state index in [4.69, 9.17) is 21.1 Å². The first-order chi connectivity index (χ1) is 10.6. The van der Waals surface area contributed by atoms with Gasteiger partial charge in [-0.3, -0.25) is 4.68 Å². The van der Waals surface area contributed by atoms with Crippen LogP contribution >= 0.6 is 11.6 Å². The summed E-state index contributed by atoms with van der Waals surface area (Å²) in [7, 11) is 0. The van der Waals surface area contributed by atoms with Crippen LogP contribution in [0.25, 0.3) is 0 Å². The van der Waals surface area contributed by atoms with Crippen molar-refractivity contribution in [1.29, 1.82) is 0 Å². The average molecular weight is 331 g/mol. The van der Waals surface area contributed by atoms with Crippen LogP contribution in [0.15, 0.2) is 12.4 Å². The highest BCUT2D eigenvalue weighted by Gasteiger charge is 2.51. The number of nitrogens with one attached hydrogen (secondary N) is 2. The summed E-state index contributed by atoms with van der Waals surface area (Å²) in [6.07, 6.45) is 2.03. The normalized spacial score (nSPS) is 33.7. The van der Waals surface area contributed by atoms with E-state index in [9.17, 15) is 9.90 Å².